The van der Waals surface area contributed by atoms with Crippen LogP contribution in [-0.4, -0.2) is 41.1 Å². The van der Waals surface area contributed by atoms with Crippen LogP contribution in [0.2, 0.25) is 0 Å². The highest BCUT2D eigenvalue weighted by Gasteiger charge is 2.25. The molecular formula is C12H17N5O2S. The Morgan fingerprint density at radius 1 is 1.40 bits per heavy atom. The van der Waals surface area contributed by atoms with Gasteiger partial charge in [-0.3, -0.25) is 9.36 Å². The van der Waals surface area contributed by atoms with E-state index >= 15 is 0 Å². The Hall–Kier alpha value is -1.83. The van der Waals surface area contributed by atoms with Crippen molar-refractivity contribution in [2.45, 2.75) is 31.5 Å². The topological polar surface area (TPSA) is 85.8 Å². The summed E-state index contributed by atoms with van der Waals surface area (Å²) < 4.78 is 3.80. The smallest absolute Gasteiger partial charge is 0.313 e. The van der Waals surface area contributed by atoms with Crippen molar-refractivity contribution in [1.29, 1.82) is 0 Å². The Bertz CT molecular complexity index is 626. The Morgan fingerprint density at radius 3 is 2.60 bits per heavy atom. The maximum atomic E-state index is 10.7. The minimum Gasteiger partial charge on any atom is -0.481 e. The Labute approximate surface area is 121 Å². The SMILES string of the molecule is Cn1cncc1-c1nnc(SCC(=O)O)n1C(C)(C)C. The fourth-order valence-corrected chi connectivity index (χ4v) is 2.67. The normalized spacial score (nSPS) is 11.8. The van der Waals surface area contributed by atoms with Gasteiger partial charge in [-0.05, 0) is 20.8 Å². The Kier molecular flexibility index (Phi) is 3.85. The van der Waals surface area contributed by atoms with E-state index < -0.39 is 5.97 Å². The number of carbonyl (C=O) groups is 1. The molecule has 2 rings (SSSR count). The number of hydrogen-bond acceptors (Lipinski definition) is 5. The van der Waals surface area contributed by atoms with Crippen molar-refractivity contribution >= 4 is 17.7 Å². The minimum atomic E-state index is -0.874. The molecule has 0 saturated heterocycles. The number of carboxylic acids is 1. The van der Waals surface area contributed by atoms with Crippen molar-refractivity contribution in [2.24, 2.45) is 7.05 Å². The van der Waals surface area contributed by atoms with Gasteiger partial charge in [0.15, 0.2) is 11.0 Å². The van der Waals surface area contributed by atoms with Crippen molar-refractivity contribution < 1.29 is 9.90 Å². The first-order chi connectivity index (χ1) is 9.30. The van der Waals surface area contributed by atoms with Crippen LogP contribution in [0.3, 0.4) is 0 Å². The van der Waals surface area contributed by atoms with E-state index in [2.05, 4.69) is 15.2 Å². The van der Waals surface area contributed by atoms with E-state index in [1.54, 1.807) is 12.5 Å². The lowest BCUT2D eigenvalue weighted by atomic mass is 10.1. The van der Waals surface area contributed by atoms with Gasteiger partial charge in [-0.25, -0.2) is 4.98 Å². The van der Waals surface area contributed by atoms with E-state index in [-0.39, 0.29) is 11.3 Å². The molecule has 8 heteroatoms. The second kappa shape index (κ2) is 5.28. The highest BCUT2D eigenvalue weighted by Crippen LogP contribution is 2.30. The zero-order chi connectivity index (χ0) is 14.9. The monoisotopic (exact) mass is 295 g/mol. The standard InChI is InChI=1S/C12H17N5O2S/c1-12(2,3)17-10(8-5-13-7-16(8)4)14-15-11(17)20-6-9(18)19/h5,7H,6H2,1-4H3,(H,18,19). The van der Waals surface area contributed by atoms with Gasteiger partial charge in [0.25, 0.3) is 0 Å². The molecule has 20 heavy (non-hydrogen) atoms. The highest BCUT2D eigenvalue weighted by atomic mass is 32.2. The zero-order valence-electron chi connectivity index (χ0n) is 11.9. The molecule has 2 aromatic heterocycles. The first-order valence-electron chi connectivity index (χ1n) is 6.08. The third-order valence-corrected chi connectivity index (χ3v) is 3.59. The summed E-state index contributed by atoms with van der Waals surface area (Å²) in [6.45, 7) is 6.09. The first kappa shape index (κ1) is 14.6. The Morgan fingerprint density at radius 2 is 2.10 bits per heavy atom. The van der Waals surface area contributed by atoms with Crippen molar-refractivity contribution in [3.8, 4) is 11.5 Å². The molecule has 108 valence electrons. The number of imidazole rings is 1. The molecule has 0 fully saturated rings. The molecule has 0 unspecified atom stereocenters. The molecule has 0 aliphatic rings. The lowest BCUT2D eigenvalue weighted by Gasteiger charge is -2.24. The summed E-state index contributed by atoms with van der Waals surface area (Å²) in [6, 6.07) is 0. The molecule has 0 atom stereocenters. The zero-order valence-corrected chi connectivity index (χ0v) is 12.7. The predicted molar refractivity (Wildman–Crippen MR) is 75.6 cm³/mol. The molecule has 0 aliphatic heterocycles. The van der Waals surface area contributed by atoms with Crippen molar-refractivity contribution in [3.63, 3.8) is 0 Å². The molecular weight excluding hydrogens is 278 g/mol. The number of carboxylic acid groups (broad SMARTS) is 1. The van der Waals surface area contributed by atoms with E-state index in [0.29, 0.717) is 11.0 Å². The molecule has 7 nitrogen and oxygen atoms in total. The van der Waals surface area contributed by atoms with E-state index in [4.69, 9.17) is 5.11 Å². The number of rotatable bonds is 4. The van der Waals surface area contributed by atoms with E-state index in [1.165, 1.54) is 11.8 Å². The van der Waals surface area contributed by atoms with Crippen molar-refractivity contribution in [2.75, 3.05) is 5.75 Å². The molecule has 0 aromatic carbocycles. The van der Waals surface area contributed by atoms with Crippen LogP contribution >= 0.6 is 11.8 Å². The number of aliphatic carboxylic acids is 1. The number of nitrogens with zero attached hydrogens (tertiary/aromatic N) is 5. The minimum absolute atomic E-state index is 0.0421. The van der Waals surface area contributed by atoms with Gasteiger partial charge >= 0.3 is 5.97 Å². The van der Waals surface area contributed by atoms with Gasteiger partial charge in [0.2, 0.25) is 0 Å². The van der Waals surface area contributed by atoms with Crippen LogP contribution in [-0.2, 0) is 17.4 Å². The van der Waals surface area contributed by atoms with Gasteiger partial charge in [-0.15, -0.1) is 10.2 Å². The van der Waals surface area contributed by atoms with Gasteiger partial charge in [-0.1, -0.05) is 11.8 Å². The number of aromatic nitrogens is 5. The lowest BCUT2D eigenvalue weighted by molar-refractivity contribution is -0.133. The molecule has 2 aromatic rings. The number of thioether (sulfide) groups is 1. The summed E-state index contributed by atoms with van der Waals surface area (Å²) in [6.07, 6.45) is 3.42. The molecule has 0 spiro atoms. The van der Waals surface area contributed by atoms with Gasteiger partial charge in [-0.2, -0.15) is 0 Å². The van der Waals surface area contributed by atoms with Crippen molar-refractivity contribution in [3.05, 3.63) is 12.5 Å². The first-order valence-corrected chi connectivity index (χ1v) is 7.06. The fourth-order valence-electron chi connectivity index (χ4n) is 1.83. The van der Waals surface area contributed by atoms with Gasteiger partial charge in [0.05, 0.1) is 18.3 Å². The summed E-state index contributed by atoms with van der Waals surface area (Å²) in [7, 11) is 1.88. The van der Waals surface area contributed by atoms with Crippen LogP contribution in [0.15, 0.2) is 17.7 Å². The second-order valence-corrected chi connectivity index (χ2v) is 6.33. The summed E-state index contributed by atoms with van der Waals surface area (Å²) in [5.74, 6) is -0.231. The van der Waals surface area contributed by atoms with Gasteiger partial charge in [0.1, 0.15) is 5.69 Å². The maximum Gasteiger partial charge on any atom is 0.313 e. The average molecular weight is 295 g/mol. The van der Waals surface area contributed by atoms with Crippen LogP contribution in [0.4, 0.5) is 0 Å². The third kappa shape index (κ3) is 2.84. The van der Waals surface area contributed by atoms with E-state index in [9.17, 15) is 4.79 Å². The van der Waals surface area contributed by atoms with Crippen LogP contribution in [0.1, 0.15) is 20.8 Å². The summed E-state index contributed by atoms with van der Waals surface area (Å²) in [5.41, 5.74) is 0.582. The molecule has 1 N–H and O–H groups in total. The number of hydrogen-bond donors (Lipinski definition) is 1. The summed E-state index contributed by atoms with van der Waals surface area (Å²) in [5, 5.41) is 17.7. The van der Waals surface area contributed by atoms with E-state index in [0.717, 1.165) is 5.69 Å². The van der Waals surface area contributed by atoms with Crippen LogP contribution in [0, 0.1) is 0 Å². The fraction of sp³-hybridized carbons (Fsp3) is 0.500. The van der Waals surface area contributed by atoms with Crippen LogP contribution < -0.4 is 0 Å². The third-order valence-electron chi connectivity index (χ3n) is 2.67. The Balaban J connectivity index is 2.49. The highest BCUT2D eigenvalue weighted by molar-refractivity contribution is 7.99. The molecule has 0 amide bonds. The average Bonchev–Trinajstić information content (AvgIpc) is 2.90. The molecule has 2 heterocycles. The van der Waals surface area contributed by atoms with Crippen LogP contribution in [0.25, 0.3) is 11.5 Å². The lowest BCUT2D eigenvalue weighted by Crippen LogP contribution is -2.24. The predicted octanol–water partition coefficient (Wildman–Crippen LogP) is 1.61. The molecule has 0 saturated carbocycles. The quantitative estimate of drug-likeness (QED) is 0.862. The second-order valence-electron chi connectivity index (χ2n) is 5.38. The summed E-state index contributed by atoms with van der Waals surface area (Å²) >= 11 is 1.17. The molecule has 0 aliphatic carbocycles. The molecule has 0 radical (unpaired) electrons. The van der Waals surface area contributed by atoms with Crippen LogP contribution in [0.5, 0.6) is 0 Å². The maximum absolute atomic E-state index is 10.7. The summed E-state index contributed by atoms with van der Waals surface area (Å²) in [4.78, 5) is 14.8. The number of aryl methyl sites for hydroxylation is 1. The molecule has 0 bridgehead atoms. The van der Waals surface area contributed by atoms with E-state index in [1.807, 2.05) is 37.0 Å². The van der Waals surface area contributed by atoms with Crippen molar-refractivity contribution in [1.82, 2.24) is 24.3 Å². The largest absolute Gasteiger partial charge is 0.481 e. The van der Waals surface area contributed by atoms with Gasteiger partial charge < -0.3 is 9.67 Å². The van der Waals surface area contributed by atoms with Gasteiger partial charge in [0, 0.05) is 12.6 Å².